The highest BCUT2D eigenvalue weighted by Crippen LogP contribution is 2.39. The molecule has 2 N–H and O–H groups in total. The lowest BCUT2D eigenvalue weighted by molar-refractivity contribution is 0.439. The van der Waals surface area contributed by atoms with Crippen LogP contribution in [0.25, 0.3) is 21.7 Å². The summed E-state index contributed by atoms with van der Waals surface area (Å²) in [4.78, 5) is 5.24. The quantitative estimate of drug-likeness (QED) is 0.790. The van der Waals surface area contributed by atoms with E-state index in [1.807, 2.05) is 12.1 Å². The smallest absolute Gasteiger partial charge is 0.230 e. The first-order chi connectivity index (χ1) is 9.31. The van der Waals surface area contributed by atoms with Crippen molar-refractivity contribution in [2.75, 3.05) is 5.73 Å². The number of rotatable bonds is 3. The fourth-order valence-electron chi connectivity index (χ4n) is 2.07. The van der Waals surface area contributed by atoms with Gasteiger partial charge in [0.2, 0.25) is 5.88 Å². The molecule has 0 fully saturated rings. The number of nitrogen functional groups attached to an aromatic ring is 1. The number of thiophene rings is 1. The largest absolute Gasteiger partial charge is 0.367 e. The number of nitrogens with zero attached hydrogens (tertiary/aromatic N) is 2. The van der Waals surface area contributed by atoms with Crippen molar-refractivity contribution in [3.8, 4) is 21.7 Å². The third-order valence-electron chi connectivity index (χ3n) is 3.01. The first kappa shape index (κ1) is 11.9. The summed E-state index contributed by atoms with van der Waals surface area (Å²) < 4.78 is 5.18. The standard InChI is InChI=1S/C14H13N3OS/c1-2-9-5-7-19-13(9)12-11(14(15)18-17-12)10-4-3-6-16-8-10/h3-8H,2,15H2,1H3. The van der Waals surface area contributed by atoms with Crippen LogP contribution in [0.5, 0.6) is 0 Å². The lowest BCUT2D eigenvalue weighted by Crippen LogP contribution is -1.88. The van der Waals surface area contributed by atoms with Crippen molar-refractivity contribution >= 4 is 17.2 Å². The topological polar surface area (TPSA) is 64.9 Å². The SMILES string of the molecule is CCc1ccsc1-c1noc(N)c1-c1cccnc1. The Morgan fingerprint density at radius 3 is 3.00 bits per heavy atom. The van der Waals surface area contributed by atoms with Crippen LogP contribution in [0, 0.1) is 0 Å². The van der Waals surface area contributed by atoms with Gasteiger partial charge in [-0.25, -0.2) is 0 Å². The first-order valence-electron chi connectivity index (χ1n) is 6.03. The van der Waals surface area contributed by atoms with Crippen molar-refractivity contribution in [2.45, 2.75) is 13.3 Å². The van der Waals surface area contributed by atoms with Crippen molar-refractivity contribution in [1.29, 1.82) is 0 Å². The van der Waals surface area contributed by atoms with Crippen molar-refractivity contribution in [1.82, 2.24) is 10.1 Å². The van der Waals surface area contributed by atoms with Crippen LogP contribution in [0.2, 0.25) is 0 Å². The van der Waals surface area contributed by atoms with E-state index in [4.69, 9.17) is 10.3 Å². The molecule has 3 aromatic rings. The number of nitrogens with two attached hydrogens (primary N) is 1. The van der Waals surface area contributed by atoms with Crippen LogP contribution < -0.4 is 5.73 Å². The molecule has 0 spiro atoms. The Hall–Kier alpha value is -2.14. The molecule has 3 heterocycles. The average molecular weight is 271 g/mol. The van der Waals surface area contributed by atoms with Crippen LogP contribution >= 0.6 is 11.3 Å². The maximum absolute atomic E-state index is 5.92. The molecule has 96 valence electrons. The summed E-state index contributed by atoms with van der Waals surface area (Å²) in [6, 6.07) is 5.94. The zero-order valence-electron chi connectivity index (χ0n) is 10.5. The first-order valence-corrected chi connectivity index (χ1v) is 6.91. The molecule has 3 rings (SSSR count). The van der Waals surface area contributed by atoms with Gasteiger partial charge < -0.3 is 10.3 Å². The molecule has 0 aromatic carbocycles. The van der Waals surface area contributed by atoms with Gasteiger partial charge in [-0.2, -0.15) is 0 Å². The Labute approximate surface area is 114 Å². The van der Waals surface area contributed by atoms with Gasteiger partial charge in [0.1, 0.15) is 5.69 Å². The van der Waals surface area contributed by atoms with Gasteiger partial charge in [-0.1, -0.05) is 18.1 Å². The number of aryl methyl sites for hydroxylation is 1. The molecule has 5 heteroatoms. The number of pyridine rings is 1. The van der Waals surface area contributed by atoms with E-state index < -0.39 is 0 Å². The zero-order valence-corrected chi connectivity index (χ0v) is 11.3. The van der Waals surface area contributed by atoms with Gasteiger partial charge in [0.15, 0.2) is 0 Å². The molecule has 0 saturated carbocycles. The highest BCUT2D eigenvalue weighted by atomic mass is 32.1. The molecular weight excluding hydrogens is 258 g/mol. The second kappa shape index (κ2) is 4.85. The summed E-state index contributed by atoms with van der Waals surface area (Å²) in [5.74, 6) is 0.332. The minimum atomic E-state index is 0.332. The summed E-state index contributed by atoms with van der Waals surface area (Å²) in [6.07, 6.45) is 4.46. The van der Waals surface area contributed by atoms with Gasteiger partial charge in [-0.15, -0.1) is 11.3 Å². The number of hydrogen-bond donors (Lipinski definition) is 1. The van der Waals surface area contributed by atoms with E-state index in [0.29, 0.717) is 5.88 Å². The van der Waals surface area contributed by atoms with E-state index in [2.05, 4.69) is 28.5 Å². The fraction of sp³-hybridized carbons (Fsp3) is 0.143. The number of hydrogen-bond acceptors (Lipinski definition) is 5. The van der Waals surface area contributed by atoms with Crippen LogP contribution in [-0.4, -0.2) is 10.1 Å². The summed E-state index contributed by atoms with van der Waals surface area (Å²) in [6.45, 7) is 2.12. The van der Waals surface area contributed by atoms with Gasteiger partial charge in [0, 0.05) is 18.0 Å². The van der Waals surface area contributed by atoms with Gasteiger partial charge in [-0.3, -0.25) is 4.98 Å². The molecule has 0 radical (unpaired) electrons. The minimum Gasteiger partial charge on any atom is -0.367 e. The third-order valence-corrected chi connectivity index (χ3v) is 3.97. The van der Waals surface area contributed by atoms with Crippen molar-refractivity contribution in [2.24, 2.45) is 0 Å². The Morgan fingerprint density at radius 2 is 2.26 bits per heavy atom. The second-order valence-electron chi connectivity index (χ2n) is 4.14. The molecule has 19 heavy (non-hydrogen) atoms. The van der Waals surface area contributed by atoms with Crippen LogP contribution in [0.4, 0.5) is 5.88 Å². The molecule has 0 bridgehead atoms. The second-order valence-corrected chi connectivity index (χ2v) is 5.06. The van der Waals surface area contributed by atoms with E-state index in [1.54, 1.807) is 23.7 Å². The highest BCUT2D eigenvalue weighted by Gasteiger charge is 2.20. The molecule has 4 nitrogen and oxygen atoms in total. The molecule has 0 amide bonds. The molecule has 0 unspecified atom stereocenters. The third kappa shape index (κ3) is 2.02. The summed E-state index contributed by atoms with van der Waals surface area (Å²) in [5, 5.41) is 6.19. The van der Waals surface area contributed by atoms with Crippen LogP contribution in [0.3, 0.4) is 0 Å². The lowest BCUT2D eigenvalue weighted by Gasteiger charge is -2.02. The van der Waals surface area contributed by atoms with Crippen LogP contribution in [-0.2, 0) is 6.42 Å². The predicted octanol–water partition coefficient (Wildman–Crippen LogP) is 3.61. The summed E-state index contributed by atoms with van der Waals surface area (Å²) in [7, 11) is 0. The molecule has 0 aliphatic carbocycles. The Balaban J connectivity index is 2.20. The molecule has 0 atom stereocenters. The molecule has 3 aromatic heterocycles. The number of aromatic nitrogens is 2. The monoisotopic (exact) mass is 271 g/mol. The van der Waals surface area contributed by atoms with Gasteiger partial charge in [0.25, 0.3) is 0 Å². The maximum atomic E-state index is 5.92. The average Bonchev–Trinajstić information content (AvgIpc) is 3.05. The van der Waals surface area contributed by atoms with Gasteiger partial charge in [-0.05, 0) is 29.5 Å². The predicted molar refractivity (Wildman–Crippen MR) is 76.8 cm³/mol. The summed E-state index contributed by atoms with van der Waals surface area (Å²) >= 11 is 1.65. The Bertz CT molecular complexity index is 688. The van der Waals surface area contributed by atoms with Crippen molar-refractivity contribution in [3.05, 3.63) is 41.5 Å². The molecule has 0 saturated heterocycles. The Morgan fingerprint density at radius 1 is 1.37 bits per heavy atom. The lowest BCUT2D eigenvalue weighted by atomic mass is 10.0. The summed E-state index contributed by atoms with van der Waals surface area (Å²) in [5.41, 5.74) is 9.72. The van der Waals surface area contributed by atoms with Gasteiger partial charge in [0.05, 0.1) is 10.4 Å². The zero-order chi connectivity index (χ0) is 13.2. The number of anilines is 1. The van der Waals surface area contributed by atoms with E-state index in [1.165, 1.54) is 5.56 Å². The minimum absolute atomic E-state index is 0.332. The highest BCUT2D eigenvalue weighted by molar-refractivity contribution is 7.13. The molecule has 0 aliphatic rings. The van der Waals surface area contributed by atoms with E-state index in [0.717, 1.165) is 28.1 Å². The normalized spacial score (nSPS) is 10.8. The van der Waals surface area contributed by atoms with Crippen LogP contribution in [0.15, 0.2) is 40.5 Å². The van der Waals surface area contributed by atoms with Gasteiger partial charge >= 0.3 is 0 Å². The molecule has 0 aliphatic heterocycles. The fourth-order valence-corrected chi connectivity index (χ4v) is 3.05. The maximum Gasteiger partial charge on any atom is 0.230 e. The van der Waals surface area contributed by atoms with E-state index in [-0.39, 0.29) is 0 Å². The van der Waals surface area contributed by atoms with E-state index in [9.17, 15) is 0 Å². The van der Waals surface area contributed by atoms with Crippen molar-refractivity contribution in [3.63, 3.8) is 0 Å². The Kier molecular flexibility index (Phi) is 3.05. The van der Waals surface area contributed by atoms with E-state index >= 15 is 0 Å². The molecular formula is C14H13N3OS. The van der Waals surface area contributed by atoms with Crippen LogP contribution in [0.1, 0.15) is 12.5 Å². The van der Waals surface area contributed by atoms with Crippen molar-refractivity contribution < 1.29 is 4.52 Å².